The van der Waals surface area contributed by atoms with E-state index in [1.54, 1.807) is 36.5 Å². The number of aromatic nitrogens is 2. The summed E-state index contributed by atoms with van der Waals surface area (Å²) in [5.74, 6) is -1.65. The Morgan fingerprint density at radius 1 is 1.00 bits per heavy atom. The molecule has 2 aromatic heterocycles. The molecule has 2 aromatic rings. The molecule has 0 spiro atoms. The Morgan fingerprint density at radius 3 is 2.33 bits per heavy atom. The lowest BCUT2D eigenvalue weighted by atomic mass is 9.94. The molecule has 0 aliphatic carbocycles. The molecule has 1 aliphatic rings. The average Bonchev–Trinajstić information content (AvgIpc) is 3.27. The van der Waals surface area contributed by atoms with Gasteiger partial charge in [-0.05, 0) is 36.6 Å². The number of carbonyl (C=O) groups is 3. The van der Waals surface area contributed by atoms with Crippen LogP contribution in [0.3, 0.4) is 0 Å². The molecule has 2 atom stereocenters. The second-order valence-electron chi connectivity index (χ2n) is 9.23. The zero-order valence-electron chi connectivity index (χ0n) is 22.8. The largest absolute Gasteiger partial charge is 0.478 e. The molecule has 0 radical (unpaired) electrons. The van der Waals surface area contributed by atoms with Crippen LogP contribution in [0, 0.1) is 5.92 Å². The normalized spacial score (nSPS) is 16.8. The minimum absolute atomic E-state index is 0.0607. The van der Waals surface area contributed by atoms with Crippen LogP contribution in [0.4, 0.5) is 0 Å². The molecule has 218 valence electrons. The number of carboxylic acid groups (broad SMARTS) is 1. The standard InChI is InChI=1S/C28H38N4O8/c1-32-25(33)19-24(26(32)22-4-2-7-29-20-22)27(34)31-9-11-38-13-15-40-17-16-39-14-12-37-10-3-5-23-18-21(28(35)36)6-8-30-23/h2,4,6-8,18,20,24,26H,3,5,9-17,19H2,1H3,(H,31,34)(H,35,36)/t24-,26+/m0/s1. The highest BCUT2D eigenvalue weighted by molar-refractivity contribution is 5.90. The van der Waals surface area contributed by atoms with Crippen LogP contribution < -0.4 is 5.32 Å². The zero-order valence-corrected chi connectivity index (χ0v) is 22.8. The molecule has 2 N–H and O–H groups in total. The zero-order chi connectivity index (χ0) is 28.6. The first-order valence-corrected chi connectivity index (χ1v) is 13.4. The van der Waals surface area contributed by atoms with Gasteiger partial charge in [-0.2, -0.15) is 0 Å². The van der Waals surface area contributed by atoms with Gasteiger partial charge in [-0.25, -0.2) is 4.79 Å². The van der Waals surface area contributed by atoms with Crippen LogP contribution in [-0.4, -0.2) is 104 Å². The maximum atomic E-state index is 12.7. The van der Waals surface area contributed by atoms with Crippen molar-refractivity contribution in [3.63, 3.8) is 0 Å². The van der Waals surface area contributed by atoms with Crippen molar-refractivity contribution < 1.29 is 38.4 Å². The minimum atomic E-state index is -0.960. The van der Waals surface area contributed by atoms with Crippen LogP contribution in [0.5, 0.6) is 0 Å². The quantitative estimate of drug-likeness (QED) is 0.243. The van der Waals surface area contributed by atoms with E-state index in [0.717, 1.165) is 17.7 Å². The first-order chi connectivity index (χ1) is 19.5. The molecular formula is C28H38N4O8. The Kier molecular flexibility index (Phi) is 13.4. The third kappa shape index (κ3) is 10.3. The first-order valence-electron chi connectivity index (χ1n) is 13.4. The molecule has 3 rings (SSSR count). The highest BCUT2D eigenvalue weighted by atomic mass is 16.6. The smallest absolute Gasteiger partial charge is 0.335 e. The number of hydrogen-bond donors (Lipinski definition) is 2. The van der Waals surface area contributed by atoms with E-state index in [2.05, 4.69) is 15.3 Å². The summed E-state index contributed by atoms with van der Waals surface area (Å²) < 4.78 is 22.0. The van der Waals surface area contributed by atoms with Crippen molar-refractivity contribution >= 4 is 17.8 Å². The topological polar surface area (TPSA) is 149 Å². The molecule has 0 saturated carbocycles. The lowest BCUT2D eigenvalue weighted by molar-refractivity contribution is -0.128. The maximum absolute atomic E-state index is 12.7. The van der Waals surface area contributed by atoms with Crippen LogP contribution in [0.1, 0.15) is 40.5 Å². The second kappa shape index (κ2) is 17.3. The molecule has 1 saturated heterocycles. The first kappa shape index (κ1) is 31.1. The summed E-state index contributed by atoms with van der Waals surface area (Å²) in [6, 6.07) is 6.40. The van der Waals surface area contributed by atoms with E-state index in [1.165, 1.54) is 12.3 Å². The van der Waals surface area contributed by atoms with Gasteiger partial charge in [0.05, 0.1) is 63.8 Å². The second-order valence-corrected chi connectivity index (χ2v) is 9.23. The van der Waals surface area contributed by atoms with Crippen molar-refractivity contribution in [3.8, 4) is 0 Å². The summed E-state index contributed by atoms with van der Waals surface area (Å²) in [7, 11) is 1.71. The minimum Gasteiger partial charge on any atom is -0.478 e. The fourth-order valence-electron chi connectivity index (χ4n) is 4.35. The third-order valence-corrected chi connectivity index (χ3v) is 6.40. The van der Waals surface area contributed by atoms with Crippen LogP contribution in [-0.2, 0) is 35.0 Å². The van der Waals surface area contributed by atoms with Crippen LogP contribution >= 0.6 is 0 Å². The van der Waals surface area contributed by atoms with E-state index in [1.807, 2.05) is 6.07 Å². The SMILES string of the molecule is CN1C(=O)C[C@H](C(=O)NCCOCCOCCOCCOCCCc2cc(C(=O)O)ccn2)[C@H]1c1cccnc1. The van der Waals surface area contributed by atoms with Gasteiger partial charge in [0.15, 0.2) is 0 Å². The molecular weight excluding hydrogens is 520 g/mol. The third-order valence-electron chi connectivity index (χ3n) is 6.40. The van der Waals surface area contributed by atoms with Crippen molar-refractivity contribution in [2.24, 2.45) is 5.92 Å². The van der Waals surface area contributed by atoms with Crippen molar-refractivity contribution in [1.29, 1.82) is 0 Å². The molecule has 3 heterocycles. The molecule has 0 unspecified atom stereocenters. The number of likely N-dealkylation sites (tertiary alicyclic amines) is 1. The molecule has 12 heteroatoms. The Bertz CT molecular complexity index is 1070. The molecule has 12 nitrogen and oxygen atoms in total. The van der Waals surface area contributed by atoms with Crippen molar-refractivity contribution in [3.05, 3.63) is 59.7 Å². The summed E-state index contributed by atoms with van der Waals surface area (Å²) >= 11 is 0. The molecule has 2 amide bonds. The lowest BCUT2D eigenvalue weighted by Crippen LogP contribution is -2.36. The number of nitrogens with one attached hydrogen (secondary N) is 1. The summed E-state index contributed by atoms with van der Waals surface area (Å²) in [4.78, 5) is 45.8. The Morgan fingerprint density at radius 2 is 1.68 bits per heavy atom. The number of ether oxygens (including phenoxy) is 4. The van der Waals surface area contributed by atoms with Gasteiger partial charge in [0.25, 0.3) is 0 Å². The van der Waals surface area contributed by atoms with Gasteiger partial charge in [0.2, 0.25) is 11.8 Å². The number of aromatic carboxylic acids is 1. The monoisotopic (exact) mass is 558 g/mol. The van der Waals surface area contributed by atoms with E-state index >= 15 is 0 Å². The van der Waals surface area contributed by atoms with Crippen molar-refractivity contribution in [1.82, 2.24) is 20.2 Å². The van der Waals surface area contributed by atoms with Gasteiger partial charge in [0, 0.05) is 50.9 Å². The Labute approximate surface area is 234 Å². The fraction of sp³-hybridized carbons (Fsp3) is 0.536. The van der Waals surface area contributed by atoms with Crippen molar-refractivity contribution in [2.75, 3.05) is 66.4 Å². The molecule has 1 aliphatic heterocycles. The highest BCUT2D eigenvalue weighted by Gasteiger charge is 2.42. The van der Waals surface area contributed by atoms with E-state index in [4.69, 9.17) is 24.1 Å². The van der Waals surface area contributed by atoms with Gasteiger partial charge in [0.1, 0.15) is 0 Å². The number of carboxylic acids is 1. The number of rotatable bonds is 19. The van der Waals surface area contributed by atoms with E-state index in [-0.39, 0.29) is 29.8 Å². The number of aryl methyl sites for hydroxylation is 1. The maximum Gasteiger partial charge on any atom is 0.335 e. The molecule has 1 fully saturated rings. The van der Waals surface area contributed by atoms with Gasteiger partial charge < -0.3 is 34.3 Å². The number of amides is 2. The summed E-state index contributed by atoms with van der Waals surface area (Å²) in [6.07, 6.45) is 6.42. The van der Waals surface area contributed by atoms with Gasteiger partial charge in [-0.3, -0.25) is 19.6 Å². The summed E-state index contributed by atoms with van der Waals surface area (Å²) in [5, 5.41) is 11.9. The molecule has 40 heavy (non-hydrogen) atoms. The van der Waals surface area contributed by atoms with E-state index in [0.29, 0.717) is 65.8 Å². The van der Waals surface area contributed by atoms with Crippen LogP contribution in [0.25, 0.3) is 0 Å². The average molecular weight is 559 g/mol. The van der Waals surface area contributed by atoms with Gasteiger partial charge in [-0.15, -0.1) is 0 Å². The molecule has 0 aromatic carbocycles. The number of pyridine rings is 2. The van der Waals surface area contributed by atoms with Crippen LogP contribution in [0.2, 0.25) is 0 Å². The van der Waals surface area contributed by atoms with E-state index < -0.39 is 11.9 Å². The van der Waals surface area contributed by atoms with Crippen molar-refractivity contribution in [2.45, 2.75) is 25.3 Å². The van der Waals surface area contributed by atoms with Gasteiger partial charge in [-0.1, -0.05) is 6.07 Å². The summed E-state index contributed by atoms with van der Waals surface area (Å²) in [5.41, 5.74) is 1.81. The highest BCUT2D eigenvalue weighted by Crippen LogP contribution is 2.36. The molecule has 0 bridgehead atoms. The Balaban J connectivity index is 1.12. The fourth-order valence-corrected chi connectivity index (χ4v) is 4.35. The van der Waals surface area contributed by atoms with Crippen LogP contribution in [0.15, 0.2) is 42.9 Å². The Hall–Kier alpha value is -3.45. The van der Waals surface area contributed by atoms with E-state index in [9.17, 15) is 14.4 Å². The number of nitrogens with zero attached hydrogens (tertiary/aromatic N) is 3. The predicted octanol–water partition coefficient (Wildman–Crippen LogP) is 1.51. The number of hydrogen-bond acceptors (Lipinski definition) is 9. The predicted molar refractivity (Wildman–Crippen MR) is 144 cm³/mol. The van der Waals surface area contributed by atoms with Gasteiger partial charge >= 0.3 is 5.97 Å². The summed E-state index contributed by atoms with van der Waals surface area (Å²) in [6.45, 7) is 3.84. The lowest BCUT2D eigenvalue weighted by Gasteiger charge is -2.24. The number of carbonyl (C=O) groups excluding carboxylic acids is 2.